The van der Waals surface area contributed by atoms with Crippen molar-refractivity contribution in [2.45, 2.75) is 91.3 Å². The molecule has 2 unspecified atom stereocenters. The number of nitrogens with one attached hydrogen (secondary N) is 4. The van der Waals surface area contributed by atoms with E-state index in [9.17, 15) is 40.7 Å². The Morgan fingerprint density at radius 2 is 1.18 bits per heavy atom. The number of hydrazine groups is 2. The number of aliphatic hydroxyl groups is 1. The van der Waals surface area contributed by atoms with Gasteiger partial charge in [0.15, 0.2) is 6.23 Å². The van der Waals surface area contributed by atoms with Crippen molar-refractivity contribution in [1.82, 2.24) is 15.2 Å². The van der Waals surface area contributed by atoms with E-state index in [0.29, 0.717) is 28.3 Å². The van der Waals surface area contributed by atoms with Crippen molar-refractivity contribution in [2.24, 2.45) is 5.10 Å². The largest absolute Gasteiger partial charge is 0.501 e. The summed E-state index contributed by atoms with van der Waals surface area (Å²) in [5.41, 5.74) is 14.6. The normalized spacial score (nSPS) is 14.9. The summed E-state index contributed by atoms with van der Waals surface area (Å²) in [6.45, 7) is 15.4. The van der Waals surface area contributed by atoms with E-state index in [1.807, 2.05) is 90.1 Å². The Hall–Kier alpha value is -6.41. The van der Waals surface area contributed by atoms with Gasteiger partial charge in [0.1, 0.15) is 17.4 Å². The Morgan fingerprint density at radius 1 is 0.721 bits per heavy atom. The van der Waals surface area contributed by atoms with Crippen molar-refractivity contribution in [3.05, 3.63) is 122 Å². The monoisotopic (exact) mass is 883 g/mol. The van der Waals surface area contributed by atoms with Crippen molar-refractivity contribution in [2.75, 3.05) is 21.3 Å². The summed E-state index contributed by atoms with van der Waals surface area (Å²) >= 11 is 0. The third-order valence-corrected chi connectivity index (χ3v) is 10.9. The van der Waals surface area contributed by atoms with E-state index in [2.05, 4.69) is 31.9 Å². The van der Waals surface area contributed by atoms with Crippen LogP contribution in [0.3, 0.4) is 0 Å². The summed E-state index contributed by atoms with van der Waals surface area (Å²) in [6, 6.07) is 23.9. The van der Waals surface area contributed by atoms with Crippen LogP contribution in [0.4, 0.5) is 34.1 Å². The zero-order valence-corrected chi connectivity index (χ0v) is 36.1. The van der Waals surface area contributed by atoms with E-state index < -0.39 is 33.6 Å². The number of nitro groups is 2. The number of hydrazone groups is 1. The first-order valence-corrected chi connectivity index (χ1v) is 19.3. The van der Waals surface area contributed by atoms with Crippen LogP contribution in [-0.2, 0) is 27.6 Å². The van der Waals surface area contributed by atoms with Crippen LogP contribution in [-0.4, -0.2) is 58.0 Å². The standard InChI is InChI=1S/C21H27N5O4.C21H25N5O4.Co/c2*1-5-21(3,4)14-11-16(19(27)17(12-14)26(29)30)22-23-18-13(2)24-25(20(18)28)15-9-7-6-8-10-15;/h6-12,18,20,22-23,27-28H,5H2,1-4H3;6-12,22-23,27-28H,5H2,1-4H3;. The Labute approximate surface area is 363 Å². The molecule has 2 atom stereocenters. The molecule has 0 spiro atoms. The molecule has 18 nitrogen and oxygen atoms in total. The van der Waals surface area contributed by atoms with Crippen molar-refractivity contribution in [3.8, 4) is 23.1 Å². The van der Waals surface area contributed by atoms with Crippen molar-refractivity contribution < 1.29 is 47.1 Å². The fourth-order valence-corrected chi connectivity index (χ4v) is 6.21. The number of phenolic OH excluding ortho intramolecular Hbond substituents is 2. The van der Waals surface area contributed by atoms with E-state index in [1.165, 1.54) is 21.8 Å². The number of rotatable bonds is 14. The maximum absolute atomic E-state index is 11.4. The summed E-state index contributed by atoms with van der Waals surface area (Å²) in [4.78, 5) is 21.6. The van der Waals surface area contributed by atoms with Crippen LogP contribution in [0.2, 0.25) is 0 Å². The Bertz CT molecular complexity index is 2380. The molecule has 0 amide bonds. The predicted molar refractivity (Wildman–Crippen MR) is 232 cm³/mol. The molecule has 1 aromatic heterocycles. The Kier molecular flexibility index (Phi) is 15.0. The molecule has 0 bridgehead atoms. The predicted octanol–water partition coefficient (Wildman–Crippen LogP) is 8.11. The molecule has 8 N–H and O–H groups in total. The van der Waals surface area contributed by atoms with Gasteiger partial charge in [0.05, 0.1) is 38.3 Å². The number of aliphatic hydroxyl groups excluding tert-OH is 1. The second-order valence-electron chi connectivity index (χ2n) is 15.6. The third-order valence-electron chi connectivity index (χ3n) is 10.9. The zero-order chi connectivity index (χ0) is 44.1. The Balaban J connectivity index is 0.000000264. The molecule has 0 saturated carbocycles. The first-order valence-electron chi connectivity index (χ1n) is 19.3. The van der Waals surface area contributed by atoms with Crippen LogP contribution in [0.25, 0.3) is 5.69 Å². The van der Waals surface area contributed by atoms with Gasteiger partial charge in [-0.2, -0.15) is 14.9 Å². The van der Waals surface area contributed by atoms with Crippen LogP contribution < -0.4 is 26.7 Å². The van der Waals surface area contributed by atoms with Crippen LogP contribution in [0.5, 0.6) is 17.4 Å². The average Bonchev–Trinajstić information content (AvgIpc) is 3.68. The van der Waals surface area contributed by atoms with E-state index in [-0.39, 0.29) is 56.2 Å². The summed E-state index contributed by atoms with van der Waals surface area (Å²) in [7, 11) is 0. The molecule has 0 aliphatic carbocycles. The minimum Gasteiger partial charge on any atom is -0.501 e. The summed E-state index contributed by atoms with van der Waals surface area (Å²) < 4.78 is 1.37. The van der Waals surface area contributed by atoms with Crippen LogP contribution in [0, 0.1) is 27.2 Å². The second-order valence-corrected chi connectivity index (χ2v) is 15.6. The molecule has 0 saturated heterocycles. The van der Waals surface area contributed by atoms with Gasteiger partial charge < -0.3 is 25.9 Å². The van der Waals surface area contributed by atoms with Gasteiger partial charge in [-0.15, -0.1) is 0 Å². The van der Waals surface area contributed by atoms with Gasteiger partial charge in [-0.25, -0.2) is 10.4 Å². The van der Waals surface area contributed by atoms with Gasteiger partial charge >= 0.3 is 11.4 Å². The summed E-state index contributed by atoms with van der Waals surface area (Å²) in [6.07, 6.45) is 0.527. The van der Waals surface area contributed by atoms with Gasteiger partial charge in [-0.3, -0.25) is 31.1 Å². The van der Waals surface area contributed by atoms with E-state index in [4.69, 9.17) is 0 Å². The van der Waals surface area contributed by atoms with Crippen LogP contribution in [0.1, 0.15) is 78.1 Å². The van der Waals surface area contributed by atoms with Crippen molar-refractivity contribution in [1.29, 1.82) is 0 Å². The first kappa shape index (κ1) is 47.3. The maximum atomic E-state index is 11.4. The number of benzene rings is 4. The molecule has 327 valence electrons. The SMILES string of the molecule is CCC(C)(C)c1cc(NNC2C(C)=NN(c3ccccc3)C2O)c(O)c([N+](=O)[O-])c1.CCC(C)(C)c1cc(NNc2c(C)nn(-c3ccccc3)c2O)c(O)c([N+](=O)[O-])c1.[Co]. The number of phenols is 2. The fourth-order valence-electron chi connectivity index (χ4n) is 6.21. The Morgan fingerprint density at radius 3 is 1.64 bits per heavy atom. The smallest absolute Gasteiger partial charge is 0.313 e. The molecular weight excluding hydrogens is 831 g/mol. The molecule has 19 heteroatoms. The number of aromatic nitrogens is 2. The van der Waals surface area contributed by atoms with Crippen molar-refractivity contribution >= 4 is 39.8 Å². The quantitative estimate of drug-likeness (QED) is 0.0298. The number of anilines is 4. The number of para-hydroxylation sites is 2. The molecule has 1 aliphatic rings. The van der Waals surface area contributed by atoms with Gasteiger partial charge in [-0.1, -0.05) is 77.9 Å². The number of nitro benzene ring substituents is 2. The van der Waals surface area contributed by atoms with Gasteiger partial charge in [-0.05, 0) is 85.0 Å². The molecule has 5 aromatic rings. The molecule has 0 fully saturated rings. The summed E-state index contributed by atoms with van der Waals surface area (Å²) in [5, 5.41) is 75.2. The van der Waals surface area contributed by atoms with Gasteiger partial charge in [0, 0.05) is 28.9 Å². The summed E-state index contributed by atoms with van der Waals surface area (Å²) in [5.74, 6) is -1.09. The minimum atomic E-state index is -0.993. The van der Waals surface area contributed by atoms with Gasteiger partial charge in [0.2, 0.25) is 17.4 Å². The van der Waals surface area contributed by atoms with E-state index in [1.54, 1.807) is 38.1 Å². The van der Waals surface area contributed by atoms with E-state index in [0.717, 1.165) is 24.1 Å². The number of hydrogen-bond acceptors (Lipinski definition) is 15. The molecule has 2 heterocycles. The molecule has 6 rings (SSSR count). The number of aromatic hydroxyl groups is 3. The van der Waals surface area contributed by atoms with E-state index >= 15 is 0 Å². The minimum absolute atomic E-state index is 0. The average molecular weight is 884 g/mol. The second kappa shape index (κ2) is 19.3. The molecule has 1 radical (unpaired) electrons. The topological polar surface area (TPSA) is 249 Å². The zero-order valence-electron chi connectivity index (χ0n) is 35.1. The fraction of sp³-hybridized carbons (Fsp3) is 0.333. The number of aryl methyl sites for hydroxylation is 1. The number of nitrogens with zero attached hydrogens (tertiary/aromatic N) is 6. The first-order chi connectivity index (χ1) is 28.3. The third kappa shape index (κ3) is 10.3. The molecular formula is C42H52CoN10O8. The van der Waals surface area contributed by atoms with Crippen LogP contribution >= 0.6 is 0 Å². The maximum Gasteiger partial charge on any atom is 0.313 e. The van der Waals surface area contributed by atoms with Gasteiger partial charge in [0.25, 0.3) is 0 Å². The molecule has 4 aromatic carbocycles. The molecule has 1 aliphatic heterocycles. The van der Waals surface area contributed by atoms with Crippen LogP contribution in [0.15, 0.2) is 90.0 Å². The van der Waals surface area contributed by atoms with Crippen molar-refractivity contribution in [3.63, 3.8) is 0 Å². The molecule has 61 heavy (non-hydrogen) atoms. The number of hydrogen-bond donors (Lipinski definition) is 8.